The van der Waals surface area contributed by atoms with Crippen molar-refractivity contribution in [3.63, 3.8) is 0 Å². The van der Waals surface area contributed by atoms with Gasteiger partial charge in [0.25, 0.3) is 10.1 Å². The third kappa shape index (κ3) is 9.11. The number of ether oxygens (including phenoxy) is 1. The molecule has 26 heavy (non-hydrogen) atoms. The Morgan fingerprint density at radius 3 is 2.27 bits per heavy atom. The fourth-order valence-electron chi connectivity index (χ4n) is 1.86. The van der Waals surface area contributed by atoms with Crippen molar-refractivity contribution in [2.75, 3.05) is 6.26 Å². The molecule has 1 amide bonds. The summed E-state index contributed by atoms with van der Waals surface area (Å²) in [6.07, 6.45) is 2.84. The van der Waals surface area contributed by atoms with Gasteiger partial charge in [-0.05, 0) is 43.2 Å². The van der Waals surface area contributed by atoms with E-state index in [4.69, 9.17) is 20.8 Å². The summed E-state index contributed by atoms with van der Waals surface area (Å²) in [4.78, 5) is 15.4. The smallest absolute Gasteiger partial charge is 0.261 e. The fourth-order valence-corrected chi connectivity index (χ4v) is 1.86. The molecule has 0 saturated carbocycles. The van der Waals surface area contributed by atoms with Gasteiger partial charge in [-0.2, -0.15) is 8.42 Å². The van der Waals surface area contributed by atoms with Crippen LogP contribution in [0.25, 0.3) is 0 Å². The van der Waals surface area contributed by atoms with Crippen LogP contribution in [-0.4, -0.2) is 35.7 Å². The normalized spacial score (nSPS) is 13.1. The Bertz CT molecular complexity index is 798. The number of amides is 1. The number of aromatic nitrogens is 1. The predicted molar refractivity (Wildman–Crippen MR) is 98.0 cm³/mol. The van der Waals surface area contributed by atoms with E-state index in [2.05, 4.69) is 4.98 Å². The Labute approximate surface area is 152 Å². The second-order valence-corrected chi connectivity index (χ2v) is 7.41. The average molecular weight is 381 g/mol. The summed E-state index contributed by atoms with van der Waals surface area (Å²) in [6.45, 7) is 2.04. The molecule has 0 spiro atoms. The Kier molecular flexibility index (Phi) is 7.69. The van der Waals surface area contributed by atoms with Crippen LogP contribution in [0.3, 0.4) is 0 Å². The minimum absolute atomic E-state index is 0.392. The average Bonchev–Trinajstić information content (AvgIpc) is 2.53. The van der Waals surface area contributed by atoms with Crippen molar-refractivity contribution in [2.45, 2.75) is 25.5 Å². The lowest BCUT2D eigenvalue weighted by atomic mass is 9.93. The Morgan fingerprint density at radius 1 is 1.23 bits per heavy atom. The SMILES string of the molecule is CC(N)(Cc1ccc(OCc2ccccn2)cc1)C(N)=O.CS(=O)(=O)O. The highest BCUT2D eigenvalue weighted by atomic mass is 32.2. The van der Waals surface area contributed by atoms with Gasteiger partial charge in [0.1, 0.15) is 12.4 Å². The van der Waals surface area contributed by atoms with E-state index in [1.807, 2.05) is 42.5 Å². The van der Waals surface area contributed by atoms with Gasteiger partial charge < -0.3 is 16.2 Å². The quantitative estimate of drug-likeness (QED) is 0.630. The van der Waals surface area contributed by atoms with Crippen LogP contribution in [0, 0.1) is 0 Å². The number of hydrogen-bond acceptors (Lipinski definition) is 6. The Morgan fingerprint density at radius 2 is 1.81 bits per heavy atom. The van der Waals surface area contributed by atoms with Crippen LogP contribution in [0.4, 0.5) is 0 Å². The highest BCUT2D eigenvalue weighted by Crippen LogP contribution is 2.17. The van der Waals surface area contributed by atoms with Crippen molar-refractivity contribution in [2.24, 2.45) is 11.5 Å². The first-order chi connectivity index (χ1) is 12.0. The summed E-state index contributed by atoms with van der Waals surface area (Å²) in [7, 11) is -3.67. The van der Waals surface area contributed by atoms with Crippen molar-refractivity contribution >= 4 is 16.0 Å². The lowest BCUT2D eigenvalue weighted by Gasteiger charge is -2.20. The molecule has 0 bridgehead atoms. The number of carbonyl (C=O) groups excluding carboxylic acids is 1. The molecular weight excluding hydrogens is 358 g/mol. The number of hydrogen-bond donors (Lipinski definition) is 3. The maximum atomic E-state index is 11.2. The summed E-state index contributed by atoms with van der Waals surface area (Å²) in [5, 5.41) is 0. The summed E-state index contributed by atoms with van der Waals surface area (Å²) >= 11 is 0. The van der Waals surface area contributed by atoms with Crippen molar-refractivity contribution < 1.29 is 22.5 Å². The topological polar surface area (TPSA) is 146 Å². The van der Waals surface area contributed by atoms with Gasteiger partial charge in [0, 0.05) is 6.20 Å². The van der Waals surface area contributed by atoms with Crippen LogP contribution >= 0.6 is 0 Å². The highest BCUT2D eigenvalue weighted by molar-refractivity contribution is 7.85. The molecule has 8 nitrogen and oxygen atoms in total. The minimum Gasteiger partial charge on any atom is -0.487 e. The number of benzene rings is 1. The maximum absolute atomic E-state index is 11.2. The Balaban J connectivity index is 0.000000597. The molecule has 0 radical (unpaired) electrons. The molecule has 0 fully saturated rings. The van der Waals surface area contributed by atoms with Gasteiger partial charge in [0.05, 0.1) is 17.5 Å². The van der Waals surface area contributed by atoms with E-state index in [1.165, 1.54) is 0 Å². The molecule has 2 aromatic rings. The molecule has 2 rings (SSSR count). The number of carbonyl (C=O) groups is 1. The standard InChI is InChI=1S/C16H19N3O2.CH4O3S/c1-16(18,15(17)20)10-12-5-7-14(8-6-12)21-11-13-4-2-3-9-19-13;1-5(2,3)4/h2-9H,10-11,18H2,1H3,(H2,17,20);1H3,(H,2,3,4). The van der Waals surface area contributed by atoms with Gasteiger partial charge in [-0.3, -0.25) is 14.3 Å². The first-order valence-corrected chi connectivity index (χ1v) is 9.45. The Hall–Kier alpha value is -2.49. The van der Waals surface area contributed by atoms with E-state index in [-0.39, 0.29) is 0 Å². The molecule has 9 heteroatoms. The van der Waals surface area contributed by atoms with E-state index < -0.39 is 21.6 Å². The van der Waals surface area contributed by atoms with Crippen molar-refractivity contribution in [3.05, 3.63) is 59.9 Å². The molecule has 0 aliphatic rings. The second-order valence-electron chi connectivity index (χ2n) is 5.95. The molecule has 1 heterocycles. The van der Waals surface area contributed by atoms with Crippen LogP contribution in [0.1, 0.15) is 18.2 Å². The number of rotatable bonds is 6. The van der Waals surface area contributed by atoms with Gasteiger partial charge in [-0.25, -0.2) is 0 Å². The van der Waals surface area contributed by atoms with E-state index in [0.717, 1.165) is 17.0 Å². The third-order valence-electron chi connectivity index (χ3n) is 3.17. The number of nitrogens with two attached hydrogens (primary N) is 2. The lowest BCUT2D eigenvalue weighted by molar-refractivity contribution is -0.122. The van der Waals surface area contributed by atoms with E-state index in [0.29, 0.717) is 19.3 Å². The third-order valence-corrected chi connectivity index (χ3v) is 3.17. The maximum Gasteiger partial charge on any atom is 0.261 e. The van der Waals surface area contributed by atoms with Gasteiger partial charge in [0.2, 0.25) is 5.91 Å². The van der Waals surface area contributed by atoms with Gasteiger partial charge in [0.15, 0.2) is 0 Å². The van der Waals surface area contributed by atoms with E-state index >= 15 is 0 Å². The second kappa shape index (κ2) is 9.27. The van der Waals surface area contributed by atoms with Crippen LogP contribution in [0.5, 0.6) is 5.75 Å². The van der Waals surface area contributed by atoms with Crippen LogP contribution < -0.4 is 16.2 Å². The fraction of sp³-hybridized carbons (Fsp3) is 0.294. The van der Waals surface area contributed by atoms with Gasteiger partial charge in [-0.15, -0.1) is 0 Å². The largest absolute Gasteiger partial charge is 0.487 e. The highest BCUT2D eigenvalue weighted by Gasteiger charge is 2.25. The van der Waals surface area contributed by atoms with E-state index in [9.17, 15) is 13.2 Å². The van der Waals surface area contributed by atoms with Crippen LogP contribution in [0.2, 0.25) is 0 Å². The molecule has 5 N–H and O–H groups in total. The summed E-state index contributed by atoms with van der Waals surface area (Å²) in [6, 6.07) is 13.1. The van der Waals surface area contributed by atoms with E-state index in [1.54, 1.807) is 13.1 Å². The minimum atomic E-state index is -3.67. The number of pyridine rings is 1. The lowest BCUT2D eigenvalue weighted by Crippen LogP contribution is -2.51. The van der Waals surface area contributed by atoms with Crippen molar-refractivity contribution in [1.82, 2.24) is 4.98 Å². The monoisotopic (exact) mass is 381 g/mol. The molecule has 142 valence electrons. The number of nitrogens with zero attached hydrogens (tertiary/aromatic N) is 1. The molecule has 0 saturated heterocycles. The number of primary amides is 1. The van der Waals surface area contributed by atoms with Crippen LogP contribution in [-0.2, 0) is 27.9 Å². The first kappa shape index (κ1) is 21.6. The zero-order chi connectivity index (χ0) is 19.8. The molecule has 1 aromatic carbocycles. The molecule has 0 aliphatic heterocycles. The molecule has 1 atom stereocenters. The summed E-state index contributed by atoms with van der Waals surface area (Å²) in [5.74, 6) is 0.222. The molecule has 0 aliphatic carbocycles. The van der Waals surface area contributed by atoms with Crippen molar-refractivity contribution in [3.8, 4) is 5.75 Å². The van der Waals surface area contributed by atoms with Gasteiger partial charge in [-0.1, -0.05) is 18.2 Å². The summed E-state index contributed by atoms with van der Waals surface area (Å²) < 4.78 is 31.5. The zero-order valence-corrected chi connectivity index (χ0v) is 15.4. The summed E-state index contributed by atoms with van der Waals surface area (Å²) in [5.41, 5.74) is 11.9. The molecule has 1 unspecified atom stereocenters. The first-order valence-electron chi connectivity index (χ1n) is 7.60. The molecule has 1 aromatic heterocycles. The zero-order valence-electron chi connectivity index (χ0n) is 14.6. The predicted octanol–water partition coefficient (Wildman–Crippen LogP) is 0.910. The van der Waals surface area contributed by atoms with Crippen molar-refractivity contribution in [1.29, 1.82) is 0 Å². The van der Waals surface area contributed by atoms with Gasteiger partial charge >= 0.3 is 0 Å². The molecular formula is C17H23N3O5S. The van der Waals surface area contributed by atoms with Crippen LogP contribution in [0.15, 0.2) is 48.7 Å².